The highest BCUT2D eigenvalue weighted by Crippen LogP contribution is 2.62. The zero-order chi connectivity index (χ0) is 43.0. The van der Waals surface area contributed by atoms with E-state index in [1.165, 1.54) is 98.0 Å². The highest BCUT2D eigenvalue weighted by Gasteiger charge is 2.49. The summed E-state index contributed by atoms with van der Waals surface area (Å²) in [4.78, 5) is 5.13. The van der Waals surface area contributed by atoms with E-state index in [9.17, 15) is 0 Å². The highest BCUT2D eigenvalue weighted by atomic mass is 32.2. The normalized spacial score (nSPS) is 14.5. The van der Waals surface area contributed by atoms with Gasteiger partial charge in [0.2, 0.25) is 0 Å². The number of anilines is 3. The Morgan fingerprint density at radius 2 is 0.923 bits per heavy atom. The Labute approximate surface area is 383 Å². The average molecular weight is 847 g/mol. The van der Waals surface area contributed by atoms with E-state index in [-0.39, 0.29) is 5.41 Å². The monoisotopic (exact) mass is 846 g/mol. The average Bonchev–Trinajstić information content (AvgIpc) is 3.80. The molecule has 0 unspecified atom stereocenters. The molecular formula is C62H42N2S. The van der Waals surface area contributed by atoms with Crippen LogP contribution < -0.4 is 4.90 Å². The van der Waals surface area contributed by atoms with E-state index >= 15 is 0 Å². The van der Waals surface area contributed by atoms with Gasteiger partial charge in [-0.25, -0.2) is 0 Å². The Balaban J connectivity index is 1.07. The second-order valence-electron chi connectivity index (χ2n) is 18.4. The van der Waals surface area contributed by atoms with Crippen molar-refractivity contribution in [3.8, 4) is 27.9 Å². The number of para-hydroxylation sites is 2. The molecule has 0 radical (unpaired) electrons. The first-order valence-corrected chi connectivity index (χ1v) is 23.5. The molecule has 3 heteroatoms. The minimum atomic E-state index is -0.558. The molecular weight excluding hydrogens is 805 g/mol. The molecule has 1 spiro atoms. The van der Waals surface area contributed by atoms with Crippen LogP contribution in [0, 0.1) is 0 Å². The van der Waals surface area contributed by atoms with Gasteiger partial charge in [0.1, 0.15) is 0 Å². The summed E-state index contributed by atoms with van der Waals surface area (Å²) in [5.74, 6) is 0. The second-order valence-corrected chi connectivity index (χ2v) is 19.5. The van der Waals surface area contributed by atoms with E-state index in [1.54, 1.807) is 0 Å². The van der Waals surface area contributed by atoms with Gasteiger partial charge in [-0.2, -0.15) is 0 Å². The van der Waals surface area contributed by atoms with E-state index in [4.69, 9.17) is 0 Å². The summed E-state index contributed by atoms with van der Waals surface area (Å²) in [5, 5.41) is 5.07. The number of rotatable bonds is 4. The molecule has 10 aromatic carbocycles. The fraction of sp³-hybridized carbons (Fsp3) is 0.0645. The van der Waals surface area contributed by atoms with Crippen LogP contribution in [0.4, 0.5) is 17.1 Å². The molecule has 0 N–H and O–H groups in total. The Bertz CT molecular complexity index is 3750. The number of fused-ring (bicyclic) bond motifs is 14. The molecule has 65 heavy (non-hydrogen) atoms. The summed E-state index contributed by atoms with van der Waals surface area (Å²) in [7, 11) is 0. The molecule has 3 aliphatic rings. The maximum absolute atomic E-state index is 2.54. The van der Waals surface area contributed by atoms with E-state index in [1.807, 2.05) is 11.8 Å². The first-order chi connectivity index (χ1) is 32.0. The number of hydrogen-bond acceptors (Lipinski definition) is 2. The molecule has 0 bridgehead atoms. The van der Waals surface area contributed by atoms with Gasteiger partial charge in [-0.1, -0.05) is 171 Å². The molecule has 1 aliphatic heterocycles. The van der Waals surface area contributed by atoms with E-state index < -0.39 is 5.41 Å². The van der Waals surface area contributed by atoms with Crippen molar-refractivity contribution in [2.75, 3.05) is 4.90 Å². The third-order valence-corrected chi connectivity index (χ3v) is 16.0. The summed E-state index contributed by atoms with van der Waals surface area (Å²) in [6, 6.07) is 82.2. The van der Waals surface area contributed by atoms with E-state index in [0.29, 0.717) is 0 Å². The summed E-state index contributed by atoms with van der Waals surface area (Å²) < 4.78 is 2.41. The number of benzene rings is 10. The number of aromatic nitrogens is 1. The van der Waals surface area contributed by atoms with Gasteiger partial charge in [-0.05, 0) is 139 Å². The Morgan fingerprint density at radius 1 is 0.385 bits per heavy atom. The molecule has 0 fully saturated rings. The quantitative estimate of drug-likeness (QED) is 0.174. The van der Waals surface area contributed by atoms with E-state index in [2.05, 4.69) is 242 Å². The molecule has 2 nitrogen and oxygen atoms in total. The fourth-order valence-electron chi connectivity index (χ4n) is 12.0. The molecule has 0 atom stereocenters. The standard InChI is InChI=1S/C62H42N2S/c1-61(2)50-23-8-6-20-44(50)45-33-30-42(37-54(45)61)63(41-32-35-57-49(36-41)47-21-7-11-27-56(47)64(57)40-18-4-3-5-19-40)43-31-34-46-48-22-14-16-39-17-15-26-53(60(39)48)62(55(46)38-43)51-24-9-12-28-58(51)65-59-29-13-10-25-52(59)62/h3-38H,1-2H3. The predicted molar refractivity (Wildman–Crippen MR) is 272 cm³/mol. The van der Waals surface area contributed by atoms with Gasteiger partial charge in [0.25, 0.3) is 0 Å². The third kappa shape index (κ3) is 4.96. The van der Waals surface area contributed by atoms with Gasteiger partial charge < -0.3 is 9.47 Å². The van der Waals surface area contributed by atoms with Gasteiger partial charge >= 0.3 is 0 Å². The van der Waals surface area contributed by atoms with Crippen molar-refractivity contribution in [3.05, 3.63) is 252 Å². The Morgan fingerprint density at radius 3 is 1.69 bits per heavy atom. The lowest BCUT2D eigenvalue weighted by Gasteiger charge is -2.46. The second kappa shape index (κ2) is 13.5. The van der Waals surface area contributed by atoms with Crippen LogP contribution in [0.15, 0.2) is 228 Å². The van der Waals surface area contributed by atoms with Crippen molar-refractivity contribution in [1.82, 2.24) is 4.57 Å². The summed E-state index contributed by atoms with van der Waals surface area (Å²) >= 11 is 1.90. The molecule has 2 aliphatic carbocycles. The van der Waals surface area contributed by atoms with Crippen molar-refractivity contribution in [2.24, 2.45) is 0 Å². The Hall–Kier alpha value is -7.59. The molecule has 11 aromatic rings. The maximum atomic E-state index is 2.54. The van der Waals surface area contributed by atoms with Crippen LogP contribution in [0.25, 0.3) is 60.5 Å². The minimum absolute atomic E-state index is 0.157. The van der Waals surface area contributed by atoms with Crippen LogP contribution in [0.2, 0.25) is 0 Å². The topological polar surface area (TPSA) is 8.17 Å². The van der Waals surface area contributed by atoms with Crippen LogP contribution >= 0.6 is 11.8 Å². The van der Waals surface area contributed by atoms with Crippen molar-refractivity contribution < 1.29 is 0 Å². The van der Waals surface area contributed by atoms with Gasteiger partial charge in [-0.15, -0.1) is 0 Å². The lowest BCUT2D eigenvalue weighted by atomic mass is 9.59. The fourth-order valence-corrected chi connectivity index (χ4v) is 13.2. The lowest BCUT2D eigenvalue weighted by Crippen LogP contribution is -2.36. The van der Waals surface area contributed by atoms with Crippen LogP contribution in [-0.2, 0) is 10.8 Å². The largest absolute Gasteiger partial charge is 0.310 e. The molecule has 1 aromatic heterocycles. The summed E-state index contributed by atoms with van der Waals surface area (Å²) in [6.45, 7) is 4.76. The van der Waals surface area contributed by atoms with Crippen molar-refractivity contribution >= 4 is 61.4 Å². The molecule has 14 rings (SSSR count). The third-order valence-electron chi connectivity index (χ3n) is 14.8. The zero-order valence-electron chi connectivity index (χ0n) is 36.1. The molecule has 0 amide bonds. The molecule has 0 saturated heterocycles. The first-order valence-electron chi connectivity index (χ1n) is 22.7. The van der Waals surface area contributed by atoms with Crippen LogP contribution in [0.3, 0.4) is 0 Å². The SMILES string of the molecule is CC1(C)c2ccccc2-c2ccc(N(c3ccc4c(c3)C3(c5ccccc5Sc5ccccc53)c3cccc5cccc-4c35)c3ccc4c(c3)c3ccccc3n4-c3ccccc3)cc21. The van der Waals surface area contributed by atoms with Crippen molar-refractivity contribution in [2.45, 2.75) is 34.5 Å². The van der Waals surface area contributed by atoms with E-state index in [0.717, 1.165) is 22.7 Å². The molecule has 0 saturated carbocycles. The Kier molecular flexibility index (Phi) is 7.63. The van der Waals surface area contributed by atoms with Crippen LogP contribution in [-0.4, -0.2) is 4.57 Å². The predicted octanol–water partition coefficient (Wildman–Crippen LogP) is 16.5. The first kappa shape index (κ1) is 36.8. The minimum Gasteiger partial charge on any atom is -0.310 e. The van der Waals surface area contributed by atoms with Gasteiger partial charge in [0.15, 0.2) is 0 Å². The van der Waals surface area contributed by atoms with Gasteiger partial charge in [-0.3, -0.25) is 0 Å². The molecule has 2 heterocycles. The van der Waals surface area contributed by atoms with Gasteiger partial charge in [0, 0.05) is 48.7 Å². The maximum Gasteiger partial charge on any atom is 0.0736 e. The molecule has 306 valence electrons. The summed E-state index contributed by atoms with van der Waals surface area (Å²) in [5.41, 5.74) is 19.5. The van der Waals surface area contributed by atoms with Crippen molar-refractivity contribution in [3.63, 3.8) is 0 Å². The van der Waals surface area contributed by atoms with Crippen molar-refractivity contribution in [1.29, 1.82) is 0 Å². The summed E-state index contributed by atoms with van der Waals surface area (Å²) in [6.07, 6.45) is 0. The lowest BCUT2D eigenvalue weighted by molar-refractivity contribution is 0.660. The van der Waals surface area contributed by atoms with Crippen LogP contribution in [0.1, 0.15) is 47.2 Å². The smallest absolute Gasteiger partial charge is 0.0736 e. The van der Waals surface area contributed by atoms with Gasteiger partial charge in [0.05, 0.1) is 16.4 Å². The highest BCUT2D eigenvalue weighted by molar-refractivity contribution is 7.99. The number of nitrogens with zero attached hydrogens (tertiary/aromatic N) is 2. The number of hydrogen-bond donors (Lipinski definition) is 0. The van der Waals surface area contributed by atoms with Crippen LogP contribution in [0.5, 0.6) is 0 Å². The zero-order valence-corrected chi connectivity index (χ0v) is 36.9.